The van der Waals surface area contributed by atoms with Gasteiger partial charge < -0.3 is 20.3 Å². The van der Waals surface area contributed by atoms with Gasteiger partial charge in [-0.1, -0.05) is 11.2 Å². The number of hydrogen-bond acceptors (Lipinski definition) is 8. The average molecular weight is 352 g/mol. The molecule has 1 aromatic carbocycles. The number of aromatic hydroxyl groups is 1. The topological polar surface area (TPSA) is 109 Å². The lowest BCUT2D eigenvalue weighted by Gasteiger charge is -2.13. The van der Waals surface area contributed by atoms with Crippen LogP contribution in [0.15, 0.2) is 34.9 Å². The number of hydrogen-bond donors (Lipinski definition) is 3. The molecule has 0 spiro atoms. The summed E-state index contributed by atoms with van der Waals surface area (Å²) in [7, 11) is 0. The molecule has 0 aliphatic heterocycles. The molecule has 1 saturated carbocycles. The number of rotatable bonds is 6. The van der Waals surface area contributed by atoms with Crippen molar-refractivity contribution in [3.63, 3.8) is 0 Å². The van der Waals surface area contributed by atoms with E-state index in [4.69, 9.17) is 4.52 Å². The first-order valence-electron chi connectivity index (χ1n) is 8.58. The smallest absolute Gasteiger partial charge is 0.248 e. The lowest BCUT2D eigenvalue weighted by Crippen LogP contribution is -2.10. The number of phenols is 1. The molecule has 2 heterocycles. The molecule has 4 rings (SSSR count). The van der Waals surface area contributed by atoms with Crippen LogP contribution >= 0.6 is 0 Å². The summed E-state index contributed by atoms with van der Waals surface area (Å²) in [6.07, 6.45) is 2.27. The van der Waals surface area contributed by atoms with E-state index in [1.54, 1.807) is 18.2 Å². The molecule has 134 valence electrons. The molecule has 3 aromatic rings. The van der Waals surface area contributed by atoms with E-state index in [0.29, 0.717) is 29.3 Å². The monoisotopic (exact) mass is 352 g/mol. The first-order chi connectivity index (χ1) is 12.6. The van der Waals surface area contributed by atoms with Crippen LogP contribution in [0.5, 0.6) is 5.75 Å². The van der Waals surface area contributed by atoms with Crippen LogP contribution in [-0.2, 0) is 0 Å². The van der Waals surface area contributed by atoms with E-state index in [1.165, 1.54) is 0 Å². The lowest BCUT2D eigenvalue weighted by atomic mass is 10.3. The third-order valence-electron chi connectivity index (χ3n) is 4.09. The third kappa shape index (κ3) is 3.74. The van der Waals surface area contributed by atoms with Gasteiger partial charge in [-0.15, -0.1) is 0 Å². The first-order valence-corrected chi connectivity index (χ1v) is 8.58. The Hall–Kier alpha value is -3.16. The van der Waals surface area contributed by atoms with Crippen LogP contribution < -0.4 is 10.6 Å². The van der Waals surface area contributed by atoms with Crippen LogP contribution in [0.2, 0.25) is 0 Å². The minimum atomic E-state index is -0.169. The standard InChI is InChI=1S/C18H20N6O2/c1-10-8-15(20-11(2)17-23-16(24-26-17)12-6-7-12)22-18(19-10)21-13-4-3-5-14(25)9-13/h3-5,8-9,11-12,25H,6-7H2,1-2H3,(H2,19,20,21,22). The summed E-state index contributed by atoms with van der Waals surface area (Å²) in [4.78, 5) is 13.3. The maximum absolute atomic E-state index is 9.57. The molecule has 0 amide bonds. The summed E-state index contributed by atoms with van der Waals surface area (Å²) in [5, 5.41) is 20.0. The predicted molar refractivity (Wildman–Crippen MR) is 96.5 cm³/mol. The molecule has 1 aliphatic rings. The van der Waals surface area contributed by atoms with E-state index in [9.17, 15) is 5.11 Å². The number of anilines is 3. The molecular weight excluding hydrogens is 332 g/mol. The fourth-order valence-electron chi connectivity index (χ4n) is 2.63. The molecule has 26 heavy (non-hydrogen) atoms. The normalized spacial score (nSPS) is 14.8. The molecule has 1 fully saturated rings. The van der Waals surface area contributed by atoms with Gasteiger partial charge in [0, 0.05) is 29.4 Å². The Morgan fingerprint density at radius 2 is 2.04 bits per heavy atom. The highest BCUT2D eigenvalue weighted by Gasteiger charge is 2.29. The van der Waals surface area contributed by atoms with Crippen molar-refractivity contribution in [2.75, 3.05) is 10.6 Å². The zero-order chi connectivity index (χ0) is 18.1. The number of benzene rings is 1. The van der Waals surface area contributed by atoms with E-state index in [0.717, 1.165) is 24.4 Å². The third-order valence-corrected chi connectivity index (χ3v) is 4.09. The summed E-state index contributed by atoms with van der Waals surface area (Å²) >= 11 is 0. The zero-order valence-electron chi connectivity index (χ0n) is 14.6. The van der Waals surface area contributed by atoms with Crippen LogP contribution in [0.1, 0.15) is 49.1 Å². The highest BCUT2D eigenvalue weighted by Crippen LogP contribution is 2.38. The van der Waals surface area contributed by atoms with Crippen molar-refractivity contribution in [2.24, 2.45) is 0 Å². The summed E-state index contributed by atoms with van der Waals surface area (Å²) in [5.41, 5.74) is 1.52. The largest absolute Gasteiger partial charge is 0.508 e. The molecule has 1 unspecified atom stereocenters. The Morgan fingerprint density at radius 3 is 2.81 bits per heavy atom. The number of nitrogens with zero attached hydrogens (tertiary/aromatic N) is 4. The molecule has 0 radical (unpaired) electrons. The molecule has 0 bridgehead atoms. The fourth-order valence-corrected chi connectivity index (χ4v) is 2.63. The summed E-state index contributed by atoms with van der Waals surface area (Å²) in [6.45, 7) is 3.84. The van der Waals surface area contributed by atoms with E-state index in [1.807, 2.05) is 26.0 Å². The van der Waals surface area contributed by atoms with Crippen molar-refractivity contribution >= 4 is 17.5 Å². The van der Waals surface area contributed by atoms with E-state index in [-0.39, 0.29) is 11.8 Å². The van der Waals surface area contributed by atoms with Crippen molar-refractivity contribution in [3.8, 4) is 5.75 Å². The van der Waals surface area contributed by atoms with Gasteiger partial charge in [0.05, 0.1) is 0 Å². The molecular formula is C18H20N6O2. The summed E-state index contributed by atoms with van der Waals surface area (Å²) < 4.78 is 5.36. The average Bonchev–Trinajstić information content (AvgIpc) is 3.31. The van der Waals surface area contributed by atoms with Crippen LogP contribution in [0.3, 0.4) is 0 Å². The van der Waals surface area contributed by atoms with Crippen LogP contribution in [0.4, 0.5) is 17.5 Å². The Kier molecular flexibility index (Phi) is 4.16. The van der Waals surface area contributed by atoms with Crippen LogP contribution in [-0.4, -0.2) is 25.2 Å². The van der Waals surface area contributed by atoms with Gasteiger partial charge in [0.25, 0.3) is 0 Å². The van der Waals surface area contributed by atoms with Gasteiger partial charge in [-0.25, -0.2) is 4.98 Å². The van der Waals surface area contributed by atoms with Gasteiger partial charge in [0.1, 0.15) is 17.6 Å². The Morgan fingerprint density at radius 1 is 1.19 bits per heavy atom. The Labute approximate surface area is 150 Å². The minimum Gasteiger partial charge on any atom is -0.508 e. The maximum Gasteiger partial charge on any atom is 0.248 e. The molecule has 8 nitrogen and oxygen atoms in total. The summed E-state index contributed by atoms with van der Waals surface area (Å²) in [5.74, 6) is 3.06. The highest BCUT2D eigenvalue weighted by atomic mass is 16.5. The van der Waals surface area contributed by atoms with Crippen molar-refractivity contribution < 1.29 is 9.63 Å². The second-order valence-electron chi connectivity index (χ2n) is 6.52. The molecule has 2 aromatic heterocycles. The molecule has 3 N–H and O–H groups in total. The summed E-state index contributed by atoms with van der Waals surface area (Å²) in [6, 6.07) is 8.48. The SMILES string of the molecule is Cc1cc(NC(C)c2nc(C3CC3)no2)nc(Nc2cccc(O)c2)n1. The van der Waals surface area contributed by atoms with E-state index in [2.05, 4.69) is 30.7 Å². The number of aromatic nitrogens is 4. The van der Waals surface area contributed by atoms with Gasteiger partial charge in [0.2, 0.25) is 11.8 Å². The Bertz CT molecular complexity index is 922. The lowest BCUT2D eigenvalue weighted by molar-refractivity contribution is 0.362. The molecule has 1 atom stereocenters. The fraction of sp³-hybridized carbons (Fsp3) is 0.333. The number of phenolic OH excluding ortho intramolecular Hbond substituents is 1. The minimum absolute atomic E-state index is 0.169. The van der Waals surface area contributed by atoms with Crippen molar-refractivity contribution in [2.45, 2.75) is 38.6 Å². The van der Waals surface area contributed by atoms with Crippen LogP contribution in [0, 0.1) is 6.92 Å². The molecule has 0 saturated heterocycles. The van der Waals surface area contributed by atoms with Gasteiger partial charge in [-0.2, -0.15) is 9.97 Å². The predicted octanol–water partition coefficient (Wildman–Crippen LogP) is 3.67. The van der Waals surface area contributed by atoms with Gasteiger partial charge >= 0.3 is 0 Å². The molecule has 1 aliphatic carbocycles. The van der Waals surface area contributed by atoms with Gasteiger partial charge in [-0.05, 0) is 38.8 Å². The Balaban J connectivity index is 1.49. The van der Waals surface area contributed by atoms with Crippen molar-refractivity contribution in [1.82, 2.24) is 20.1 Å². The van der Waals surface area contributed by atoms with E-state index >= 15 is 0 Å². The highest BCUT2D eigenvalue weighted by molar-refractivity contribution is 5.57. The van der Waals surface area contributed by atoms with Crippen molar-refractivity contribution in [1.29, 1.82) is 0 Å². The van der Waals surface area contributed by atoms with Crippen LogP contribution in [0.25, 0.3) is 0 Å². The quantitative estimate of drug-likeness (QED) is 0.616. The second-order valence-corrected chi connectivity index (χ2v) is 6.52. The van der Waals surface area contributed by atoms with Gasteiger partial charge in [-0.3, -0.25) is 0 Å². The number of nitrogens with one attached hydrogen (secondary N) is 2. The zero-order valence-corrected chi connectivity index (χ0v) is 14.6. The van der Waals surface area contributed by atoms with Gasteiger partial charge in [0.15, 0.2) is 5.82 Å². The second kappa shape index (κ2) is 6.62. The molecule has 8 heteroatoms. The van der Waals surface area contributed by atoms with E-state index < -0.39 is 0 Å². The maximum atomic E-state index is 9.57. The number of aryl methyl sites for hydroxylation is 1. The first kappa shape index (κ1) is 16.3. The van der Waals surface area contributed by atoms with Crippen molar-refractivity contribution in [3.05, 3.63) is 47.7 Å².